The van der Waals surface area contributed by atoms with Crippen LogP contribution in [-0.4, -0.2) is 24.6 Å². The molecule has 0 unspecified atom stereocenters. The van der Waals surface area contributed by atoms with Gasteiger partial charge in [-0.25, -0.2) is 0 Å². The molecular weight excluding hydrogens is 218 g/mol. The first-order chi connectivity index (χ1) is 8.17. The molecule has 0 saturated heterocycles. The fourth-order valence-electron chi connectivity index (χ4n) is 1.32. The molecule has 0 spiro atoms. The molecule has 0 atom stereocenters. The van der Waals surface area contributed by atoms with E-state index in [0.29, 0.717) is 24.9 Å². The molecule has 0 aliphatic heterocycles. The summed E-state index contributed by atoms with van der Waals surface area (Å²) in [6.07, 6.45) is 1.36. The van der Waals surface area contributed by atoms with Crippen LogP contribution in [0.1, 0.15) is 26.3 Å². The van der Waals surface area contributed by atoms with Crippen LogP contribution in [0.3, 0.4) is 0 Å². The molecular formula is C13H19NO3. The van der Waals surface area contributed by atoms with Crippen molar-refractivity contribution in [3.63, 3.8) is 0 Å². The van der Waals surface area contributed by atoms with E-state index in [1.807, 2.05) is 19.1 Å². The molecule has 0 radical (unpaired) electrons. The van der Waals surface area contributed by atoms with Gasteiger partial charge < -0.3 is 14.7 Å². The summed E-state index contributed by atoms with van der Waals surface area (Å²) >= 11 is 0. The number of rotatable bonds is 6. The SMILES string of the molecule is CCOc1cc(/C=N\O)ccc1OCC(C)C. The summed E-state index contributed by atoms with van der Waals surface area (Å²) in [6.45, 7) is 7.31. The average Bonchev–Trinajstić information content (AvgIpc) is 2.28. The maximum atomic E-state index is 8.48. The first kappa shape index (κ1) is 13.4. The van der Waals surface area contributed by atoms with Gasteiger partial charge in [0.1, 0.15) is 0 Å². The molecule has 94 valence electrons. The highest BCUT2D eigenvalue weighted by atomic mass is 16.5. The van der Waals surface area contributed by atoms with Crippen molar-refractivity contribution in [1.82, 2.24) is 0 Å². The molecule has 0 bridgehead atoms. The molecule has 0 saturated carbocycles. The van der Waals surface area contributed by atoms with Crippen molar-refractivity contribution >= 4 is 6.21 Å². The predicted octanol–water partition coefficient (Wildman–Crippen LogP) is 2.93. The van der Waals surface area contributed by atoms with Gasteiger partial charge in [0.2, 0.25) is 0 Å². The fraction of sp³-hybridized carbons (Fsp3) is 0.462. The van der Waals surface area contributed by atoms with E-state index < -0.39 is 0 Å². The van der Waals surface area contributed by atoms with Gasteiger partial charge in [-0.15, -0.1) is 0 Å². The van der Waals surface area contributed by atoms with Crippen LogP contribution in [0.25, 0.3) is 0 Å². The lowest BCUT2D eigenvalue weighted by molar-refractivity contribution is 0.248. The van der Waals surface area contributed by atoms with Gasteiger partial charge >= 0.3 is 0 Å². The van der Waals surface area contributed by atoms with Crippen LogP contribution in [0.2, 0.25) is 0 Å². The van der Waals surface area contributed by atoms with Crippen molar-refractivity contribution in [3.05, 3.63) is 23.8 Å². The Morgan fingerprint density at radius 3 is 2.65 bits per heavy atom. The van der Waals surface area contributed by atoms with E-state index in [1.54, 1.807) is 6.07 Å². The first-order valence-corrected chi connectivity index (χ1v) is 5.74. The number of hydrogen-bond acceptors (Lipinski definition) is 4. The summed E-state index contributed by atoms with van der Waals surface area (Å²) in [5.41, 5.74) is 0.771. The van der Waals surface area contributed by atoms with E-state index in [1.165, 1.54) is 6.21 Å². The fourth-order valence-corrected chi connectivity index (χ4v) is 1.32. The number of nitrogens with zero attached hydrogens (tertiary/aromatic N) is 1. The lowest BCUT2D eigenvalue weighted by atomic mass is 10.2. The van der Waals surface area contributed by atoms with Gasteiger partial charge in [0.25, 0.3) is 0 Å². The molecule has 0 fully saturated rings. The Bertz CT molecular complexity index is 375. The third-order valence-corrected chi connectivity index (χ3v) is 2.05. The standard InChI is InChI=1S/C13H19NO3/c1-4-16-13-7-11(8-14-15)5-6-12(13)17-9-10(2)3/h5-8,10,15H,4,9H2,1-3H3/b14-8-. The van der Waals surface area contributed by atoms with Gasteiger partial charge in [-0.05, 0) is 31.0 Å². The van der Waals surface area contributed by atoms with Gasteiger partial charge in [0, 0.05) is 5.56 Å². The molecule has 4 heteroatoms. The van der Waals surface area contributed by atoms with E-state index in [9.17, 15) is 0 Å². The minimum atomic E-state index is 0.461. The zero-order valence-corrected chi connectivity index (χ0v) is 10.5. The van der Waals surface area contributed by atoms with Crippen LogP contribution in [-0.2, 0) is 0 Å². The van der Waals surface area contributed by atoms with Crippen LogP contribution in [0.4, 0.5) is 0 Å². The Hall–Kier alpha value is -1.71. The monoisotopic (exact) mass is 237 g/mol. The van der Waals surface area contributed by atoms with Crippen molar-refractivity contribution < 1.29 is 14.7 Å². The predicted molar refractivity (Wildman–Crippen MR) is 67.3 cm³/mol. The van der Waals surface area contributed by atoms with Gasteiger partial charge in [-0.2, -0.15) is 0 Å². The van der Waals surface area contributed by atoms with E-state index >= 15 is 0 Å². The molecule has 0 aliphatic rings. The Morgan fingerprint density at radius 1 is 1.29 bits per heavy atom. The second-order valence-corrected chi connectivity index (χ2v) is 4.09. The summed E-state index contributed by atoms with van der Waals surface area (Å²) in [5, 5.41) is 11.5. The normalized spacial score (nSPS) is 11.1. The van der Waals surface area contributed by atoms with Crippen LogP contribution in [0.5, 0.6) is 11.5 Å². The maximum Gasteiger partial charge on any atom is 0.161 e. The quantitative estimate of drug-likeness (QED) is 0.470. The molecule has 0 heterocycles. The van der Waals surface area contributed by atoms with Gasteiger partial charge in [-0.3, -0.25) is 0 Å². The van der Waals surface area contributed by atoms with Crippen LogP contribution >= 0.6 is 0 Å². The molecule has 0 amide bonds. The Balaban J connectivity index is 2.87. The molecule has 0 aliphatic carbocycles. The third-order valence-electron chi connectivity index (χ3n) is 2.05. The van der Waals surface area contributed by atoms with Gasteiger partial charge in [-0.1, -0.05) is 19.0 Å². The van der Waals surface area contributed by atoms with Crippen LogP contribution in [0, 0.1) is 5.92 Å². The second-order valence-electron chi connectivity index (χ2n) is 4.09. The smallest absolute Gasteiger partial charge is 0.161 e. The van der Waals surface area contributed by atoms with Crippen molar-refractivity contribution in [2.45, 2.75) is 20.8 Å². The molecule has 1 N–H and O–H groups in total. The summed E-state index contributed by atoms with van der Waals surface area (Å²) in [4.78, 5) is 0. The van der Waals surface area contributed by atoms with E-state index in [-0.39, 0.29) is 0 Å². The Morgan fingerprint density at radius 2 is 2.06 bits per heavy atom. The topological polar surface area (TPSA) is 51.0 Å². The number of hydrogen-bond donors (Lipinski definition) is 1. The van der Waals surface area contributed by atoms with Crippen molar-refractivity contribution in [3.8, 4) is 11.5 Å². The first-order valence-electron chi connectivity index (χ1n) is 5.74. The number of benzene rings is 1. The minimum Gasteiger partial charge on any atom is -0.490 e. The maximum absolute atomic E-state index is 8.48. The van der Waals surface area contributed by atoms with E-state index in [4.69, 9.17) is 14.7 Å². The number of oxime groups is 1. The van der Waals surface area contributed by atoms with E-state index in [0.717, 1.165) is 11.3 Å². The molecule has 1 aromatic rings. The van der Waals surface area contributed by atoms with Crippen LogP contribution in [0.15, 0.2) is 23.4 Å². The summed E-state index contributed by atoms with van der Waals surface area (Å²) in [7, 11) is 0. The van der Waals surface area contributed by atoms with Gasteiger partial charge in [0.05, 0.1) is 19.4 Å². The van der Waals surface area contributed by atoms with Gasteiger partial charge in [0.15, 0.2) is 11.5 Å². The highest BCUT2D eigenvalue weighted by Gasteiger charge is 2.06. The zero-order valence-electron chi connectivity index (χ0n) is 10.5. The zero-order chi connectivity index (χ0) is 12.7. The Kier molecular flexibility index (Phi) is 5.33. The molecule has 17 heavy (non-hydrogen) atoms. The van der Waals surface area contributed by atoms with Crippen LogP contribution < -0.4 is 9.47 Å². The molecule has 4 nitrogen and oxygen atoms in total. The highest BCUT2D eigenvalue weighted by molar-refractivity contribution is 5.80. The highest BCUT2D eigenvalue weighted by Crippen LogP contribution is 2.28. The largest absolute Gasteiger partial charge is 0.490 e. The van der Waals surface area contributed by atoms with E-state index in [2.05, 4.69) is 19.0 Å². The number of ether oxygens (including phenoxy) is 2. The van der Waals surface area contributed by atoms with Crippen molar-refractivity contribution in [1.29, 1.82) is 0 Å². The van der Waals surface area contributed by atoms with Crippen molar-refractivity contribution in [2.75, 3.05) is 13.2 Å². The molecule has 1 aromatic carbocycles. The lowest BCUT2D eigenvalue weighted by Crippen LogP contribution is -2.06. The average molecular weight is 237 g/mol. The van der Waals surface area contributed by atoms with Crippen molar-refractivity contribution in [2.24, 2.45) is 11.1 Å². The summed E-state index contributed by atoms with van der Waals surface area (Å²) in [5.74, 6) is 1.85. The third kappa shape index (κ3) is 4.34. The molecule has 1 rings (SSSR count). The minimum absolute atomic E-state index is 0.461. The summed E-state index contributed by atoms with van der Waals surface area (Å²) < 4.78 is 11.1. The lowest BCUT2D eigenvalue weighted by Gasteiger charge is -2.13. The second kappa shape index (κ2) is 6.78. The Labute approximate surface area is 102 Å². The molecule has 0 aromatic heterocycles. The summed E-state index contributed by atoms with van der Waals surface area (Å²) in [6, 6.07) is 5.43.